The summed E-state index contributed by atoms with van der Waals surface area (Å²) in [6.45, 7) is 4.45. The lowest BCUT2D eigenvalue weighted by molar-refractivity contribution is 0.632. The van der Waals surface area contributed by atoms with E-state index in [-0.39, 0.29) is 0 Å². The molecule has 1 aromatic rings. The molecule has 0 aliphatic heterocycles. The van der Waals surface area contributed by atoms with E-state index in [4.69, 9.17) is 5.26 Å². The normalized spacial score (nSPS) is 10.4. The van der Waals surface area contributed by atoms with Crippen molar-refractivity contribution in [1.82, 2.24) is 0 Å². The van der Waals surface area contributed by atoms with Crippen molar-refractivity contribution in [2.24, 2.45) is 5.92 Å². The number of nitriles is 1. The maximum absolute atomic E-state index is 9.16. The van der Waals surface area contributed by atoms with Crippen LogP contribution in [0.1, 0.15) is 25.8 Å². The summed E-state index contributed by atoms with van der Waals surface area (Å²) >= 11 is 3.43. The molecule has 1 aromatic carbocycles. The van der Waals surface area contributed by atoms with Gasteiger partial charge >= 0.3 is 0 Å². The highest BCUT2D eigenvalue weighted by Crippen LogP contribution is 2.30. The molecule has 16 heavy (non-hydrogen) atoms. The van der Waals surface area contributed by atoms with Gasteiger partial charge in [0.15, 0.2) is 0 Å². The molecule has 0 fully saturated rings. The van der Waals surface area contributed by atoms with Crippen molar-refractivity contribution in [3.05, 3.63) is 23.8 Å². The fourth-order valence-electron chi connectivity index (χ4n) is 1.32. The van der Waals surface area contributed by atoms with Crippen LogP contribution in [0.2, 0.25) is 0 Å². The summed E-state index contributed by atoms with van der Waals surface area (Å²) in [5, 5.41) is 9.16. The van der Waals surface area contributed by atoms with Crippen LogP contribution in [-0.4, -0.2) is 12.0 Å². The smallest absolute Gasteiger partial charge is 0.101 e. The summed E-state index contributed by atoms with van der Waals surface area (Å²) in [5.41, 5.74) is 0.837. The fraction of sp³-hybridized carbons (Fsp3) is 0.462. The molecule has 0 bridgehead atoms. The predicted molar refractivity (Wildman–Crippen MR) is 73.1 cm³/mol. The highest BCUT2D eigenvalue weighted by Gasteiger charge is 2.07. The van der Waals surface area contributed by atoms with Crippen molar-refractivity contribution in [1.29, 1.82) is 5.26 Å². The zero-order valence-electron chi connectivity index (χ0n) is 9.99. The summed E-state index contributed by atoms with van der Waals surface area (Å²) in [7, 11) is 0. The molecule has 0 N–H and O–H groups in total. The maximum atomic E-state index is 9.16. The molecule has 86 valence electrons. The van der Waals surface area contributed by atoms with E-state index in [2.05, 4.69) is 19.9 Å². The molecule has 0 spiro atoms. The lowest BCUT2D eigenvalue weighted by Gasteiger charge is -2.08. The molecule has 3 heteroatoms. The third-order valence-electron chi connectivity index (χ3n) is 2.27. The third kappa shape index (κ3) is 3.77. The number of benzene rings is 1. The molecule has 1 nitrogen and oxygen atoms in total. The Labute approximate surface area is 107 Å². The van der Waals surface area contributed by atoms with Gasteiger partial charge in [-0.25, -0.2) is 0 Å². The molecular formula is C13H17NS2. The molecule has 0 atom stereocenters. The maximum Gasteiger partial charge on any atom is 0.101 e. The number of thioether (sulfide) groups is 2. The standard InChI is InChI=1S/C13H17NS2/c1-10(2)7-8-16-13-6-4-5-12(15-3)11(13)9-14/h4-6,10H,7-8H2,1-3H3. The van der Waals surface area contributed by atoms with Gasteiger partial charge in [-0.2, -0.15) is 5.26 Å². The van der Waals surface area contributed by atoms with Crippen molar-refractivity contribution in [2.45, 2.75) is 30.1 Å². The monoisotopic (exact) mass is 251 g/mol. The molecule has 0 radical (unpaired) electrons. The second-order valence-corrected chi connectivity index (χ2v) is 5.96. The van der Waals surface area contributed by atoms with Crippen molar-refractivity contribution in [3.8, 4) is 6.07 Å². The zero-order valence-corrected chi connectivity index (χ0v) is 11.6. The first-order valence-electron chi connectivity index (χ1n) is 5.39. The van der Waals surface area contributed by atoms with Crippen LogP contribution in [0.3, 0.4) is 0 Å². The Morgan fingerprint density at radius 3 is 2.56 bits per heavy atom. The van der Waals surface area contributed by atoms with Crippen LogP contribution >= 0.6 is 23.5 Å². The van der Waals surface area contributed by atoms with Gasteiger partial charge in [0.2, 0.25) is 0 Å². The van der Waals surface area contributed by atoms with Crippen LogP contribution in [0.5, 0.6) is 0 Å². The average Bonchev–Trinajstić information content (AvgIpc) is 2.28. The van der Waals surface area contributed by atoms with Gasteiger partial charge in [-0.05, 0) is 36.5 Å². The van der Waals surface area contributed by atoms with Gasteiger partial charge in [-0.15, -0.1) is 23.5 Å². The number of nitrogens with zero attached hydrogens (tertiary/aromatic N) is 1. The van der Waals surface area contributed by atoms with E-state index < -0.39 is 0 Å². The Morgan fingerprint density at radius 2 is 2.00 bits per heavy atom. The second kappa shape index (κ2) is 6.88. The Morgan fingerprint density at radius 1 is 1.31 bits per heavy atom. The van der Waals surface area contributed by atoms with E-state index in [9.17, 15) is 0 Å². The first-order chi connectivity index (χ1) is 7.69. The molecule has 0 heterocycles. The zero-order chi connectivity index (χ0) is 12.0. The van der Waals surface area contributed by atoms with Gasteiger partial charge in [-0.1, -0.05) is 19.9 Å². The predicted octanol–water partition coefficient (Wildman–Crippen LogP) is 4.42. The minimum Gasteiger partial charge on any atom is -0.192 e. The summed E-state index contributed by atoms with van der Waals surface area (Å²) in [6, 6.07) is 8.40. The van der Waals surface area contributed by atoms with Crippen LogP contribution in [0, 0.1) is 17.2 Å². The summed E-state index contributed by atoms with van der Waals surface area (Å²) in [5.74, 6) is 1.81. The number of hydrogen-bond donors (Lipinski definition) is 0. The Hall–Kier alpha value is -0.590. The van der Waals surface area contributed by atoms with E-state index in [0.29, 0.717) is 0 Å². The molecule has 0 saturated carbocycles. The molecule has 1 rings (SSSR count). The van der Waals surface area contributed by atoms with Gasteiger partial charge in [0.05, 0.1) is 5.56 Å². The van der Waals surface area contributed by atoms with Crippen molar-refractivity contribution in [3.63, 3.8) is 0 Å². The molecule has 0 unspecified atom stereocenters. The first kappa shape index (κ1) is 13.5. The fourth-order valence-corrected chi connectivity index (χ4v) is 3.24. The van der Waals surface area contributed by atoms with Crippen molar-refractivity contribution in [2.75, 3.05) is 12.0 Å². The van der Waals surface area contributed by atoms with Gasteiger partial charge in [0.1, 0.15) is 6.07 Å². The van der Waals surface area contributed by atoms with Crippen LogP contribution in [0.15, 0.2) is 28.0 Å². The highest BCUT2D eigenvalue weighted by atomic mass is 32.2. The first-order valence-corrected chi connectivity index (χ1v) is 7.60. The van der Waals surface area contributed by atoms with Crippen molar-refractivity contribution < 1.29 is 0 Å². The van der Waals surface area contributed by atoms with Gasteiger partial charge in [0, 0.05) is 9.79 Å². The highest BCUT2D eigenvalue weighted by molar-refractivity contribution is 7.99. The topological polar surface area (TPSA) is 23.8 Å². The number of hydrogen-bond acceptors (Lipinski definition) is 3. The van der Waals surface area contributed by atoms with Crippen LogP contribution in [0.4, 0.5) is 0 Å². The minimum absolute atomic E-state index is 0.724. The SMILES string of the molecule is CSc1cccc(SCCC(C)C)c1C#N. The van der Waals surface area contributed by atoms with Crippen LogP contribution < -0.4 is 0 Å². The van der Waals surface area contributed by atoms with Gasteiger partial charge in [0.25, 0.3) is 0 Å². The number of rotatable bonds is 5. The van der Waals surface area contributed by atoms with Crippen LogP contribution in [-0.2, 0) is 0 Å². The van der Waals surface area contributed by atoms with Crippen molar-refractivity contribution >= 4 is 23.5 Å². The minimum atomic E-state index is 0.724. The van der Waals surface area contributed by atoms with E-state index >= 15 is 0 Å². The lowest BCUT2D eigenvalue weighted by Crippen LogP contribution is -1.91. The third-order valence-corrected chi connectivity index (χ3v) is 4.14. The van der Waals surface area contributed by atoms with Gasteiger partial charge in [-0.3, -0.25) is 0 Å². The second-order valence-electron chi connectivity index (χ2n) is 3.98. The summed E-state index contributed by atoms with van der Waals surface area (Å²) in [4.78, 5) is 2.20. The quantitative estimate of drug-likeness (QED) is 0.724. The van der Waals surface area contributed by atoms with E-state index in [1.165, 1.54) is 6.42 Å². The van der Waals surface area contributed by atoms with E-state index in [1.807, 2.05) is 24.5 Å². The lowest BCUT2D eigenvalue weighted by atomic mass is 10.2. The Bertz CT molecular complexity index is 380. The molecule has 0 aromatic heterocycles. The largest absolute Gasteiger partial charge is 0.192 e. The van der Waals surface area contributed by atoms with E-state index in [0.717, 1.165) is 27.0 Å². The van der Waals surface area contributed by atoms with Gasteiger partial charge < -0.3 is 0 Å². The van der Waals surface area contributed by atoms with Crippen LogP contribution in [0.25, 0.3) is 0 Å². The Balaban J connectivity index is 2.76. The molecule has 0 amide bonds. The molecular weight excluding hydrogens is 234 g/mol. The molecule has 0 saturated heterocycles. The Kier molecular flexibility index (Phi) is 5.79. The summed E-state index contributed by atoms with van der Waals surface area (Å²) < 4.78 is 0. The van der Waals surface area contributed by atoms with E-state index in [1.54, 1.807) is 23.5 Å². The summed E-state index contributed by atoms with van der Waals surface area (Å²) in [6.07, 6.45) is 3.21. The average molecular weight is 251 g/mol. The molecule has 0 aliphatic rings. The molecule has 0 aliphatic carbocycles.